The number of rotatable bonds is 5. The summed E-state index contributed by atoms with van der Waals surface area (Å²) in [5.74, 6) is -0.825. The molecular formula is C19H22N2O4S. The standard InChI is InChI=1S/C19H22N2O4S/c1-13-12-26-19(24)21(13)10-18(23)25-11-17(22)20(2)16-9-5-7-14-6-3-4-8-15(14)16/h3-4,6,8,12,16H,5,7,9-11H2,1-2H3/t16-/m0/s1. The van der Waals surface area contributed by atoms with Crippen LogP contribution in [0.5, 0.6) is 0 Å². The van der Waals surface area contributed by atoms with Gasteiger partial charge < -0.3 is 9.64 Å². The summed E-state index contributed by atoms with van der Waals surface area (Å²) in [6, 6.07) is 8.16. The summed E-state index contributed by atoms with van der Waals surface area (Å²) < 4.78 is 6.45. The van der Waals surface area contributed by atoms with E-state index in [1.54, 1.807) is 24.3 Å². The maximum Gasteiger partial charge on any atom is 0.326 e. The van der Waals surface area contributed by atoms with E-state index in [0.29, 0.717) is 5.69 Å². The lowest BCUT2D eigenvalue weighted by atomic mass is 9.87. The molecule has 0 aliphatic heterocycles. The van der Waals surface area contributed by atoms with E-state index in [-0.39, 0.29) is 30.0 Å². The van der Waals surface area contributed by atoms with Crippen LogP contribution in [0.25, 0.3) is 0 Å². The molecule has 1 aliphatic rings. The van der Waals surface area contributed by atoms with Crippen LogP contribution in [0.15, 0.2) is 34.4 Å². The Bertz CT molecular complexity index is 870. The number of hydrogen-bond donors (Lipinski definition) is 0. The van der Waals surface area contributed by atoms with Crippen LogP contribution in [-0.2, 0) is 27.3 Å². The topological polar surface area (TPSA) is 68.6 Å². The van der Waals surface area contributed by atoms with Crippen molar-refractivity contribution in [2.75, 3.05) is 13.7 Å². The number of carbonyl (C=O) groups is 2. The lowest BCUT2D eigenvalue weighted by Crippen LogP contribution is -2.36. The first kappa shape index (κ1) is 18.4. The Morgan fingerprint density at radius 3 is 2.85 bits per heavy atom. The predicted octanol–water partition coefficient (Wildman–Crippen LogP) is 2.30. The molecule has 0 bridgehead atoms. The molecule has 0 saturated carbocycles. The number of amides is 1. The summed E-state index contributed by atoms with van der Waals surface area (Å²) in [5, 5.41) is 1.69. The fourth-order valence-corrected chi connectivity index (χ4v) is 4.05. The van der Waals surface area contributed by atoms with Crippen LogP contribution in [-0.4, -0.2) is 35.0 Å². The van der Waals surface area contributed by atoms with Crippen LogP contribution in [0.1, 0.15) is 35.7 Å². The lowest BCUT2D eigenvalue weighted by Gasteiger charge is -2.33. The van der Waals surface area contributed by atoms with Gasteiger partial charge in [0, 0.05) is 18.1 Å². The minimum Gasteiger partial charge on any atom is -0.454 e. The van der Waals surface area contributed by atoms with Crippen molar-refractivity contribution in [1.29, 1.82) is 0 Å². The van der Waals surface area contributed by atoms with Gasteiger partial charge in [0.25, 0.3) is 5.91 Å². The molecule has 1 aliphatic carbocycles. The molecule has 0 saturated heterocycles. The first-order valence-electron chi connectivity index (χ1n) is 8.61. The maximum absolute atomic E-state index is 12.5. The van der Waals surface area contributed by atoms with Crippen molar-refractivity contribution in [3.63, 3.8) is 0 Å². The minimum atomic E-state index is -0.584. The van der Waals surface area contributed by atoms with Gasteiger partial charge in [-0.15, -0.1) is 0 Å². The highest BCUT2D eigenvalue weighted by molar-refractivity contribution is 7.07. The van der Waals surface area contributed by atoms with Gasteiger partial charge in [0.15, 0.2) is 6.61 Å². The van der Waals surface area contributed by atoms with E-state index in [0.717, 1.165) is 30.6 Å². The third kappa shape index (κ3) is 3.88. The number of nitrogens with zero attached hydrogens (tertiary/aromatic N) is 2. The number of ether oxygens (including phenoxy) is 1. The average molecular weight is 374 g/mol. The van der Waals surface area contributed by atoms with E-state index in [2.05, 4.69) is 12.1 Å². The van der Waals surface area contributed by atoms with E-state index >= 15 is 0 Å². The molecule has 2 aromatic rings. The molecule has 0 fully saturated rings. The van der Waals surface area contributed by atoms with Gasteiger partial charge in [-0.1, -0.05) is 35.6 Å². The van der Waals surface area contributed by atoms with Crippen molar-refractivity contribution in [2.24, 2.45) is 0 Å². The number of aromatic nitrogens is 1. The molecule has 0 spiro atoms. The first-order chi connectivity index (χ1) is 12.5. The summed E-state index contributed by atoms with van der Waals surface area (Å²) in [6.07, 6.45) is 2.95. The number of aryl methyl sites for hydroxylation is 2. The zero-order valence-electron chi connectivity index (χ0n) is 14.9. The zero-order chi connectivity index (χ0) is 18.7. The number of esters is 1. The fourth-order valence-electron chi connectivity index (χ4n) is 3.32. The van der Waals surface area contributed by atoms with Gasteiger partial charge in [0.2, 0.25) is 0 Å². The molecule has 0 N–H and O–H groups in total. The van der Waals surface area contributed by atoms with E-state index in [1.165, 1.54) is 15.7 Å². The molecule has 0 radical (unpaired) electrons. The summed E-state index contributed by atoms with van der Waals surface area (Å²) in [5.41, 5.74) is 3.15. The normalized spacial score (nSPS) is 16.0. The molecule has 3 rings (SSSR count). The van der Waals surface area contributed by atoms with Crippen molar-refractivity contribution in [3.05, 3.63) is 56.1 Å². The molecule has 1 atom stereocenters. The van der Waals surface area contributed by atoms with Crippen molar-refractivity contribution < 1.29 is 14.3 Å². The predicted molar refractivity (Wildman–Crippen MR) is 99.2 cm³/mol. The lowest BCUT2D eigenvalue weighted by molar-refractivity contribution is -0.153. The molecule has 138 valence electrons. The van der Waals surface area contributed by atoms with Crippen LogP contribution in [0.3, 0.4) is 0 Å². The summed E-state index contributed by atoms with van der Waals surface area (Å²) in [6.45, 7) is 1.27. The van der Waals surface area contributed by atoms with E-state index < -0.39 is 5.97 Å². The minimum absolute atomic E-state index is 0.00731. The van der Waals surface area contributed by atoms with Gasteiger partial charge in [-0.05, 0) is 37.3 Å². The highest BCUT2D eigenvalue weighted by Crippen LogP contribution is 2.33. The SMILES string of the molecule is Cc1csc(=O)n1CC(=O)OCC(=O)N(C)[C@H]1CCCc2ccccc21. The second kappa shape index (κ2) is 7.86. The van der Waals surface area contributed by atoms with Crippen molar-refractivity contribution in [2.45, 2.75) is 38.8 Å². The third-order valence-corrected chi connectivity index (χ3v) is 5.70. The fraction of sp³-hybridized carbons (Fsp3) is 0.421. The van der Waals surface area contributed by atoms with E-state index in [4.69, 9.17) is 4.74 Å². The zero-order valence-corrected chi connectivity index (χ0v) is 15.8. The Morgan fingerprint density at radius 1 is 1.35 bits per heavy atom. The van der Waals surface area contributed by atoms with Gasteiger partial charge >= 0.3 is 10.8 Å². The van der Waals surface area contributed by atoms with Crippen LogP contribution < -0.4 is 4.87 Å². The van der Waals surface area contributed by atoms with Crippen LogP contribution in [0, 0.1) is 6.92 Å². The number of benzene rings is 1. The Labute approximate surface area is 156 Å². The average Bonchev–Trinajstić information content (AvgIpc) is 2.97. The second-order valence-electron chi connectivity index (χ2n) is 6.50. The monoisotopic (exact) mass is 374 g/mol. The number of fused-ring (bicyclic) bond motifs is 1. The highest BCUT2D eigenvalue weighted by atomic mass is 32.1. The Balaban J connectivity index is 1.58. The van der Waals surface area contributed by atoms with Crippen molar-refractivity contribution >= 4 is 23.2 Å². The number of likely N-dealkylation sites (N-methyl/N-ethyl adjacent to an activating group) is 1. The second-order valence-corrected chi connectivity index (χ2v) is 7.32. The number of carbonyl (C=O) groups excluding carboxylic acids is 2. The highest BCUT2D eigenvalue weighted by Gasteiger charge is 2.27. The van der Waals surface area contributed by atoms with Gasteiger partial charge in [-0.25, -0.2) is 0 Å². The maximum atomic E-state index is 12.5. The van der Waals surface area contributed by atoms with Crippen LogP contribution in [0.4, 0.5) is 0 Å². The quantitative estimate of drug-likeness (QED) is 0.753. The molecule has 26 heavy (non-hydrogen) atoms. The van der Waals surface area contributed by atoms with Crippen LogP contribution >= 0.6 is 11.3 Å². The van der Waals surface area contributed by atoms with Crippen molar-refractivity contribution in [1.82, 2.24) is 9.47 Å². The summed E-state index contributed by atoms with van der Waals surface area (Å²) in [7, 11) is 1.75. The smallest absolute Gasteiger partial charge is 0.326 e. The van der Waals surface area contributed by atoms with Gasteiger partial charge in [-0.2, -0.15) is 0 Å². The van der Waals surface area contributed by atoms with Gasteiger partial charge in [-0.3, -0.25) is 19.0 Å². The van der Waals surface area contributed by atoms with E-state index in [1.807, 2.05) is 12.1 Å². The Kier molecular flexibility index (Phi) is 5.56. The molecular weight excluding hydrogens is 352 g/mol. The molecule has 1 aromatic carbocycles. The molecule has 6 nitrogen and oxygen atoms in total. The molecule has 1 amide bonds. The Morgan fingerprint density at radius 2 is 2.12 bits per heavy atom. The van der Waals surface area contributed by atoms with E-state index in [9.17, 15) is 14.4 Å². The number of hydrogen-bond acceptors (Lipinski definition) is 5. The number of thiazole rings is 1. The Hall–Kier alpha value is -2.41. The summed E-state index contributed by atoms with van der Waals surface area (Å²) >= 11 is 1.04. The molecule has 0 unspecified atom stereocenters. The van der Waals surface area contributed by atoms with Gasteiger partial charge in [0.1, 0.15) is 6.54 Å². The van der Waals surface area contributed by atoms with Gasteiger partial charge in [0.05, 0.1) is 6.04 Å². The summed E-state index contributed by atoms with van der Waals surface area (Å²) in [4.78, 5) is 37.5. The molecule has 1 heterocycles. The van der Waals surface area contributed by atoms with Crippen LogP contribution in [0.2, 0.25) is 0 Å². The molecule has 1 aromatic heterocycles. The van der Waals surface area contributed by atoms with Crippen molar-refractivity contribution in [3.8, 4) is 0 Å². The first-order valence-corrected chi connectivity index (χ1v) is 9.49. The largest absolute Gasteiger partial charge is 0.454 e. The third-order valence-electron chi connectivity index (χ3n) is 4.82. The molecule has 7 heteroatoms.